The lowest BCUT2D eigenvalue weighted by Crippen LogP contribution is -2.29. The van der Waals surface area contributed by atoms with Crippen molar-refractivity contribution in [1.29, 1.82) is 0 Å². The van der Waals surface area contributed by atoms with Crippen LogP contribution in [0.25, 0.3) is 0 Å². The Bertz CT molecular complexity index is 316. The first-order valence-electron chi connectivity index (χ1n) is 4.19. The summed E-state index contributed by atoms with van der Waals surface area (Å²) in [6.07, 6.45) is 3.92. The molecule has 0 amide bonds. The molecule has 70 valence electrons. The summed E-state index contributed by atoms with van der Waals surface area (Å²) in [4.78, 5) is 7.61. The molecule has 1 aromatic heterocycles. The van der Waals surface area contributed by atoms with Gasteiger partial charge in [-0.25, -0.2) is 4.98 Å². The van der Waals surface area contributed by atoms with E-state index in [1.54, 1.807) is 11.8 Å². The normalized spacial score (nSPS) is 15.1. The molecule has 0 unspecified atom stereocenters. The Balaban J connectivity index is 2.39. The zero-order valence-electron chi connectivity index (χ0n) is 7.78. The highest BCUT2D eigenvalue weighted by molar-refractivity contribution is 7.98. The Hall–Kier alpha value is -0.900. The number of nitrogens with zero attached hydrogens (tertiary/aromatic N) is 2. The van der Waals surface area contributed by atoms with E-state index in [0.717, 1.165) is 29.6 Å². The van der Waals surface area contributed by atoms with Gasteiger partial charge in [0.05, 0.1) is 6.54 Å². The van der Waals surface area contributed by atoms with Crippen LogP contribution >= 0.6 is 11.8 Å². The van der Waals surface area contributed by atoms with Crippen LogP contribution in [0.15, 0.2) is 17.2 Å². The van der Waals surface area contributed by atoms with Gasteiger partial charge in [-0.05, 0) is 12.3 Å². The van der Waals surface area contributed by atoms with E-state index in [1.165, 1.54) is 0 Å². The third-order valence-electron chi connectivity index (χ3n) is 2.09. The SMILES string of the molecule is CSc1cnc2c(c1)OCCN2C. The van der Waals surface area contributed by atoms with Gasteiger partial charge in [0, 0.05) is 18.1 Å². The first-order chi connectivity index (χ1) is 6.31. The maximum absolute atomic E-state index is 5.52. The van der Waals surface area contributed by atoms with Gasteiger partial charge < -0.3 is 9.64 Å². The van der Waals surface area contributed by atoms with E-state index >= 15 is 0 Å². The van der Waals surface area contributed by atoms with Crippen molar-refractivity contribution in [3.05, 3.63) is 12.3 Å². The van der Waals surface area contributed by atoms with Crippen LogP contribution in [0.2, 0.25) is 0 Å². The average Bonchev–Trinajstić information content (AvgIpc) is 2.18. The number of aromatic nitrogens is 1. The number of rotatable bonds is 1. The van der Waals surface area contributed by atoms with E-state index in [1.807, 2.05) is 25.6 Å². The summed E-state index contributed by atoms with van der Waals surface area (Å²) >= 11 is 1.68. The Kier molecular flexibility index (Phi) is 2.31. The Labute approximate surface area is 82.1 Å². The fourth-order valence-electron chi connectivity index (χ4n) is 1.32. The molecule has 4 heteroatoms. The number of hydrogen-bond acceptors (Lipinski definition) is 4. The summed E-state index contributed by atoms with van der Waals surface area (Å²) in [6.45, 7) is 1.67. The molecule has 0 aromatic carbocycles. The third-order valence-corrected chi connectivity index (χ3v) is 2.78. The van der Waals surface area contributed by atoms with Crippen LogP contribution in [0.3, 0.4) is 0 Å². The quantitative estimate of drug-likeness (QED) is 0.637. The first-order valence-corrected chi connectivity index (χ1v) is 5.41. The van der Waals surface area contributed by atoms with Crippen molar-refractivity contribution in [2.45, 2.75) is 4.90 Å². The second kappa shape index (κ2) is 3.46. The number of pyridine rings is 1. The number of fused-ring (bicyclic) bond motifs is 1. The van der Waals surface area contributed by atoms with Crippen molar-refractivity contribution >= 4 is 17.6 Å². The fraction of sp³-hybridized carbons (Fsp3) is 0.444. The number of thioether (sulfide) groups is 1. The van der Waals surface area contributed by atoms with Crippen LogP contribution in [-0.2, 0) is 0 Å². The van der Waals surface area contributed by atoms with E-state index in [4.69, 9.17) is 4.74 Å². The molecule has 0 radical (unpaired) electrons. The van der Waals surface area contributed by atoms with Crippen molar-refractivity contribution in [1.82, 2.24) is 4.98 Å². The molecule has 0 atom stereocenters. The van der Waals surface area contributed by atoms with Crippen molar-refractivity contribution in [3.63, 3.8) is 0 Å². The molecule has 0 N–H and O–H groups in total. The number of anilines is 1. The summed E-state index contributed by atoms with van der Waals surface area (Å²) in [6, 6.07) is 2.04. The van der Waals surface area contributed by atoms with Gasteiger partial charge in [-0.1, -0.05) is 0 Å². The van der Waals surface area contributed by atoms with Gasteiger partial charge in [-0.2, -0.15) is 0 Å². The molecule has 0 spiro atoms. The van der Waals surface area contributed by atoms with Crippen LogP contribution in [0.1, 0.15) is 0 Å². The van der Waals surface area contributed by atoms with Crippen molar-refractivity contribution in [2.24, 2.45) is 0 Å². The lowest BCUT2D eigenvalue weighted by atomic mass is 10.3. The predicted octanol–water partition coefficient (Wildman–Crippen LogP) is 1.63. The lowest BCUT2D eigenvalue weighted by molar-refractivity contribution is 0.308. The maximum Gasteiger partial charge on any atom is 0.171 e. The topological polar surface area (TPSA) is 25.4 Å². The molecule has 1 aliphatic rings. The summed E-state index contributed by atoms with van der Waals surface area (Å²) < 4.78 is 5.52. The minimum absolute atomic E-state index is 0.753. The average molecular weight is 196 g/mol. The van der Waals surface area contributed by atoms with Crippen LogP contribution in [0.5, 0.6) is 5.75 Å². The number of ether oxygens (including phenoxy) is 1. The van der Waals surface area contributed by atoms with Crippen LogP contribution in [0.4, 0.5) is 5.82 Å². The van der Waals surface area contributed by atoms with Gasteiger partial charge in [0.15, 0.2) is 11.6 Å². The predicted molar refractivity (Wildman–Crippen MR) is 54.8 cm³/mol. The van der Waals surface area contributed by atoms with E-state index in [0.29, 0.717) is 0 Å². The zero-order chi connectivity index (χ0) is 9.26. The van der Waals surface area contributed by atoms with Gasteiger partial charge in [0.2, 0.25) is 0 Å². The highest BCUT2D eigenvalue weighted by Gasteiger charge is 2.15. The molecule has 0 fully saturated rings. The molecule has 0 saturated heterocycles. The number of likely N-dealkylation sites (N-methyl/N-ethyl adjacent to an activating group) is 1. The minimum Gasteiger partial charge on any atom is -0.488 e. The molecule has 1 aliphatic heterocycles. The fourth-order valence-corrected chi connectivity index (χ4v) is 1.71. The second-order valence-electron chi connectivity index (χ2n) is 2.97. The van der Waals surface area contributed by atoms with Gasteiger partial charge >= 0.3 is 0 Å². The summed E-state index contributed by atoms with van der Waals surface area (Å²) in [5.41, 5.74) is 0. The summed E-state index contributed by atoms with van der Waals surface area (Å²) in [7, 11) is 2.03. The minimum atomic E-state index is 0.753. The molecule has 1 aromatic rings. The monoisotopic (exact) mass is 196 g/mol. The Morgan fingerprint density at radius 1 is 1.62 bits per heavy atom. The molecule has 3 nitrogen and oxygen atoms in total. The maximum atomic E-state index is 5.52. The van der Waals surface area contributed by atoms with Crippen molar-refractivity contribution < 1.29 is 4.74 Å². The molecule has 13 heavy (non-hydrogen) atoms. The zero-order valence-corrected chi connectivity index (χ0v) is 8.60. The summed E-state index contributed by atoms with van der Waals surface area (Å²) in [5, 5.41) is 0. The molecule has 0 bridgehead atoms. The highest BCUT2D eigenvalue weighted by Crippen LogP contribution is 2.31. The molecule has 2 heterocycles. The van der Waals surface area contributed by atoms with Crippen molar-refractivity contribution in [3.8, 4) is 5.75 Å². The molecular formula is C9H12N2OS. The second-order valence-corrected chi connectivity index (χ2v) is 3.85. The molecule has 0 saturated carbocycles. The van der Waals surface area contributed by atoms with Gasteiger partial charge in [-0.3, -0.25) is 0 Å². The van der Waals surface area contributed by atoms with E-state index in [2.05, 4.69) is 9.88 Å². The van der Waals surface area contributed by atoms with E-state index in [9.17, 15) is 0 Å². The van der Waals surface area contributed by atoms with E-state index in [-0.39, 0.29) is 0 Å². The van der Waals surface area contributed by atoms with Crippen LogP contribution in [0, 0.1) is 0 Å². The lowest BCUT2D eigenvalue weighted by Gasteiger charge is -2.26. The third kappa shape index (κ3) is 1.58. The van der Waals surface area contributed by atoms with Gasteiger partial charge in [0.1, 0.15) is 6.61 Å². The molecule has 0 aliphatic carbocycles. The van der Waals surface area contributed by atoms with Gasteiger partial charge in [0.25, 0.3) is 0 Å². The van der Waals surface area contributed by atoms with Crippen molar-refractivity contribution in [2.75, 3.05) is 31.4 Å². The van der Waals surface area contributed by atoms with Crippen LogP contribution in [-0.4, -0.2) is 31.4 Å². The number of hydrogen-bond donors (Lipinski definition) is 0. The Morgan fingerprint density at radius 3 is 3.23 bits per heavy atom. The summed E-state index contributed by atoms with van der Waals surface area (Å²) in [5.74, 6) is 1.85. The Morgan fingerprint density at radius 2 is 2.46 bits per heavy atom. The van der Waals surface area contributed by atoms with Gasteiger partial charge in [-0.15, -0.1) is 11.8 Å². The molecule has 2 rings (SSSR count). The first kappa shape index (κ1) is 8.69. The smallest absolute Gasteiger partial charge is 0.171 e. The largest absolute Gasteiger partial charge is 0.488 e. The van der Waals surface area contributed by atoms with E-state index < -0.39 is 0 Å². The standard InChI is InChI=1S/C9H12N2OS/c1-11-3-4-12-8-5-7(13-2)6-10-9(8)11/h5-6H,3-4H2,1-2H3. The highest BCUT2D eigenvalue weighted by atomic mass is 32.2. The molecular weight excluding hydrogens is 184 g/mol. The van der Waals surface area contributed by atoms with Crippen LogP contribution < -0.4 is 9.64 Å².